The molecule has 33 heavy (non-hydrogen) atoms. The fraction of sp³-hybridized carbons (Fsp3) is 0.348. The molecule has 4 amide bonds. The van der Waals surface area contributed by atoms with Crippen LogP contribution in [0.3, 0.4) is 0 Å². The molecule has 1 aromatic heterocycles. The smallest absolute Gasteiger partial charge is 0.329 e. The highest BCUT2D eigenvalue weighted by atomic mass is 16.5. The number of rotatable bonds is 5. The predicted octanol–water partition coefficient (Wildman–Crippen LogP) is 1.18. The highest BCUT2D eigenvalue weighted by molar-refractivity contribution is 6.22. The van der Waals surface area contributed by atoms with Gasteiger partial charge >= 0.3 is 5.97 Å². The molecule has 0 unspecified atom stereocenters. The number of furan rings is 1. The Morgan fingerprint density at radius 3 is 2.00 bits per heavy atom. The predicted molar refractivity (Wildman–Crippen MR) is 113 cm³/mol. The molecule has 10 nitrogen and oxygen atoms in total. The van der Waals surface area contributed by atoms with Crippen LogP contribution in [0, 0.1) is 0 Å². The van der Waals surface area contributed by atoms with Crippen molar-refractivity contribution < 1.29 is 33.1 Å². The number of imide groups is 1. The third-order valence-corrected chi connectivity index (χ3v) is 5.81. The molecule has 0 spiro atoms. The quantitative estimate of drug-likeness (QED) is 0.493. The molecule has 1 aromatic carbocycles. The van der Waals surface area contributed by atoms with Crippen molar-refractivity contribution in [1.82, 2.24) is 14.7 Å². The summed E-state index contributed by atoms with van der Waals surface area (Å²) in [6.07, 6.45) is 0.314. The zero-order valence-corrected chi connectivity index (χ0v) is 18.2. The molecule has 0 aliphatic carbocycles. The zero-order valence-electron chi connectivity index (χ0n) is 18.2. The Balaban J connectivity index is 1.32. The first-order chi connectivity index (χ1) is 15.8. The summed E-state index contributed by atoms with van der Waals surface area (Å²) >= 11 is 0. The molecule has 4 rings (SSSR count). The van der Waals surface area contributed by atoms with Crippen molar-refractivity contribution in [2.45, 2.75) is 26.0 Å². The van der Waals surface area contributed by atoms with Crippen LogP contribution in [0.1, 0.15) is 45.1 Å². The van der Waals surface area contributed by atoms with E-state index in [2.05, 4.69) is 0 Å². The van der Waals surface area contributed by atoms with E-state index in [4.69, 9.17) is 9.15 Å². The lowest BCUT2D eigenvalue weighted by Gasteiger charge is -2.35. The summed E-state index contributed by atoms with van der Waals surface area (Å²) in [6.45, 7) is 4.02. The average Bonchev–Trinajstić information content (AvgIpc) is 3.45. The lowest BCUT2D eigenvalue weighted by atomic mass is 10.1. The van der Waals surface area contributed by atoms with Gasteiger partial charge in [-0.15, -0.1) is 0 Å². The van der Waals surface area contributed by atoms with Gasteiger partial charge in [-0.3, -0.25) is 24.1 Å². The van der Waals surface area contributed by atoms with Crippen LogP contribution in [0.25, 0.3) is 0 Å². The molecule has 0 radical (unpaired) electrons. The number of hydrogen-bond acceptors (Lipinski definition) is 7. The molecule has 3 heterocycles. The van der Waals surface area contributed by atoms with E-state index in [9.17, 15) is 24.0 Å². The van der Waals surface area contributed by atoms with E-state index in [1.165, 1.54) is 37.1 Å². The minimum Gasteiger partial charge on any atom is -0.459 e. The van der Waals surface area contributed by atoms with Gasteiger partial charge in [-0.1, -0.05) is 12.1 Å². The summed E-state index contributed by atoms with van der Waals surface area (Å²) in [4.78, 5) is 66.9. The van der Waals surface area contributed by atoms with Crippen LogP contribution in [-0.4, -0.2) is 82.6 Å². The molecule has 1 saturated heterocycles. The van der Waals surface area contributed by atoms with Gasteiger partial charge in [-0.25, -0.2) is 4.79 Å². The summed E-state index contributed by atoms with van der Waals surface area (Å²) in [5.41, 5.74) is 0.460. The van der Waals surface area contributed by atoms with Crippen molar-refractivity contribution in [1.29, 1.82) is 0 Å². The number of benzene rings is 1. The molecule has 2 atom stereocenters. The Hall–Kier alpha value is -3.95. The fourth-order valence-electron chi connectivity index (χ4n) is 3.93. The van der Waals surface area contributed by atoms with Gasteiger partial charge in [-0.2, -0.15) is 0 Å². The highest BCUT2D eigenvalue weighted by Crippen LogP contribution is 2.25. The van der Waals surface area contributed by atoms with Crippen molar-refractivity contribution in [3.05, 3.63) is 59.5 Å². The van der Waals surface area contributed by atoms with E-state index in [1.54, 1.807) is 29.2 Å². The lowest BCUT2D eigenvalue weighted by molar-refractivity contribution is -0.162. The fourth-order valence-corrected chi connectivity index (χ4v) is 3.93. The van der Waals surface area contributed by atoms with Crippen molar-refractivity contribution in [3.63, 3.8) is 0 Å². The molecule has 10 heteroatoms. The van der Waals surface area contributed by atoms with E-state index in [0.29, 0.717) is 13.1 Å². The first kappa shape index (κ1) is 22.3. The number of amides is 4. The van der Waals surface area contributed by atoms with Crippen molar-refractivity contribution in [2.75, 3.05) is 26.2 Å². The van der Waals surface area contributed by atoms with E-state index in [-0.39, 0.29) is 35.9 Å². The third-order valence-electron chi connectivity index (χ3n) is 5.81. The second-order valence-corrected chi connectivity index (χ2v) is 7.88. The number of ether oxygens (including phenoxy) is 1. The van der Waals surface area contributed by atoms with Gasteiger partial charge in [0.25, 0.3) is 23.6 Å². The normalized spacial score (nSPS) is 17.6. The minimum absolute atomic E-state index is 0.230. The maximum atomic E-state index is 12.8. The lowest BCUT2D eigenvalue weighted by Crippen LogP contribution is -2.53. The summed E-state index contributed by atoms with van der Waals surface area (Å²) in [6, 6.07) is 8.35. The van der Waals surface area contributed by atoms with E-state index in [0.717, 1.165) is 4.90 Å². The van der Waals surface area contributed by atoms with Gasteiger partial charge in [0, 0.05) is 26.2 Å². The van der Waals surface area contributed by atoms with E-state index in [1.807, 2.05) is 0 Å². The van der Waals surface area contributed by atoms with Gasteiger partial charge in [0.15, 0.2) is 11.9 Å². The van der Waals surface area contributed by atoms with E-state index >= 15 is 0 Å². The van der Waals surface area contributed by atoms with Crippen LogP contribution in [-0.2, 0) is 14.3 Å². The molecule has 2 aliphatic heterocycles. The standard InChI is InChI=1S/C23H23N3O7/c1-14(26-20(28)16-6-3-4-7-17(16)21(26)29)23(31)33-15(2)19(27)24-9-11-25(12-10-24)22(30)18-8-5-13-32-18/h3-8,13-15H,9-12H2,1-2H3/t14-,15-/m1/s1. The third kappa shape index (κ3) is 4.11. The average molecular weight is 453 g/mol. The number of esters is 1. The summed E-state index contributed by atoms with van der Waals surface area (Å²) < 4.78 is 10.4. The number of fused-ring (bicyclic) bond motifs is 1. The molecular weight excluding hydrogens is 430 g/mol. The molecule has 0 saturated carbocycles. The maximum absolute atomic E-state index is 12.8. The van der Waals surface area contributed by atoms with Crippen molar-refractivity contribution in [3.8, 4) is 0 Å². The molecule has 1 fully saturated rings. The monoisotopic (exact) mass is 453 g/mol. The molecule has 2 aromatic rings. The number of piperazine rings is 1. The van der Waals surface area contributed by atoms with Crippen LogP contribution in [0.5, 0.6) is 0 Å². The Labute approximate surface area is 189 Å². The second-order valence-electron chi connectivity index (χ2n) is 7.88. The number of carbonyl (C=O) groups is 5. The Bertz CT molecular complexity index is 1070. The van der Waals surface area contributed by atoms with Gasteiger partial charge in [0.2, 0.25) is 0 Å². The zero-order chi connectivity index (χ0) is 23.7. The Morgan fingerprint density at radius 1 is 0.879 bits per heavy atom. The summed E-state index contributed by atoms with van der Waals surface area (Å²) in [5, 5.41) is 0. The molecule has 172 valence electrons. The molecular formula is C23H23N3O7. The first-order valence-corrected chi connectivity index (χ1v) is 10.6. The Morgan fingerprint density at radius 2 is 1.45 bits per heavy atom. The van der Waals surface area contributed by atoms with Crippen LogP contribution < -0.4 is 0 Å². The van der Waals surface area contributed by atoms with E-state index < -0.39 is 35.8 Å². The highest BCUT2D eigenvalue weighted by Gasteiger charge is 2.42. The first-order valence-electron chi connectivity index (χ1n) is 10.6. The molecule has 2 aliphatic rings. The number of carbonyl (C=O) groups excluding carboxylic acids is 5. The second kappa shape index (κ2) is 8.89. The van der Waals surface area contributed by atoms with Gasteiger partial charge in [0.05, 0.1) is 17.4 Å². The van der Waals surface area contributed by atoms with Crippen LogP contribution in [0.15, 0.2) is 47.1 Å². The minimum atomic E-state index is -1.18. The summed E-state index contributed by atoms with van der Waals surface area (Å²) in [7, 11) is 0. The van der Waals surface area contributed by atoms with Gasteiger partial charge in [0.1, 0.15) is 6.04 Å². The maximum Gasteiger partial charge on any atom is 0.329 e. The van der Waals surface area contributed by atoms with Crippen LogP contribution in [0.2, 0.25) is 0 Å². The van der Waals surface area contributed by atoms with Crippen LogP contribution >= 0.6 is 0 Å². The molecule has 0 bridgehead atoms. The molecule has 0 N–H and O–H groups in total. The van der Waals surface area contributed by atoms with Gasteiger partial charge < -0.3 is 19.0 Å². The largest absolute Gasteiger partial charge is 0.459 e. The van der Waals surface area contributed by atoms with Gasteiger partial charge in [-0.05, 0) is 38.1 Å². The van der Waals surface area contributed by atoms with Crippen LogP contribution in [0.4, 0.5) is 0 Å². The number of nitrogens with zero attached hydrogens (tertiary/aromatic N) is 3. The summed E-state index contributed by atoms with van der Waals surface area (Å²) in [5.74, 6) is -2.42. The topological polar surface area (TPSA) is 117 Å². The SMILES string of the molecule is C[C@H](C(=O)O[C@H](C)C(=O)N1CCN(C(=O)c2ccco2)CC1)N1C(=O)c2ccccc2C1=O. The van der Waals surface area contributed by atoms with Crippen molar-refractivity contribution >= 4 is 29.6 Å². The number of hydrogen-bond donors (Lipinski definition) is 0. The van der Waals surface area contributed by atoms with Crippen molar-refractivity contribution in [2.24, 2.45) is 0 Å². The Kier molecular flexibility index (Phi) is 5.99.